The summed E-state index contributed by atoms with van der Waals surface area (Å²) in [6.45, 7) is 5.55. The molecule has 1 N–H and O–H groups in total. The van der Waals surface area contributed by atoms with Crippen LogP contribution in [-0.2, 0) is 6.42 Å². The number of hydrogen-bond acceptors (Lipinski definition) is 3. The Hall–Kier alpha value is -3.93. The van der Waals surface area contributed by atoms with Crippen molar-refractivity contribution in [1.82, 2.24) is 9.55 Å². The molecule has 0 radical (unpaired) electrons. The molecule has 0 saturated heterocycles. The molecule has 4 aromatic rings. The average Bonchev–Trinajstić information content (AvgIpc) is 3.26. The van der Waals surface area contributed by atoms with E-state index in [2.05, 4.69) is 4.98 Å². The number of carboxylic acid groups (broad SMARTS) is 1. The molecule has 0 atom stereocenters. The molecule has 0 spiro atoms. The summed E-state index contributed by atoms with van der Waals surface area (Å²) in [7, 11) is 0. The molecule has 0 aliphatic heterocycles. The maximum absolute atomic E-state index is 13.2. The summed E-state index contributed by atoms with van der Waals surface area (Å²) in [5.41, 5.74) is 1.70. The van der Waals surface area contributed by atoms with Gasteiger partial charge in [-0.2, -0.15) is 0 Å². The lowest BCUT2D eigenvalue weighted by Gasteiger charge is -2.34. The first-order valence-corrected chi connectivity index (χ1v) is 10.9. The number of anilines is 1. The third-order valence-corrected chi connectivity index (χ3v) is 5.63. The SMILES string of the molecule is CC(C)(C)N(C(=O)O)c1ccccc1CCC(=O)c1nccn1-c1cccc2ccccc12. The largest absolute Gasteiger partial charge is 0.465 e. The molecule has 33 heavy (non-hydrogen) atoms. The van der Waals surface area contributed by atoms with Crippen molar-refractivity contribution in [1.29, 1.82) is 0 Å². The van der Waals surface area contributed by atoms with E-state index < -0.39 is 11.6 Å². The number of benzene rings is 3. The minimum Gasteiger partial charge on any atom is -0.465 e. The molecule has 6 nitrogen and oxygen atoms in total. The van der Waals surface area contributed by atoms with Crippen molar-refractivity contribution in [2.24, 2.45) is 0 Å². The van der Waals surface area contributed by atoms with E-state index in [0.717, 1.165) is 22.0 Å². The van der Waals surface area contributed by atoms with Gasteiger partial charge >= 0.3 is 6.09 Å². The van der Waals surface area contributed by atoms with Gasteiger partial charge in [0.15, 0.2) is 11.6 Å². The third-order valence-electron chi connectivity index (χ3n) is 5.63. The van der Waals surface area contributed by atoms with E-state index in [1.165, 1.54) is 4.90 Å². The number of amides is 1. The summed E-state index contributed by atoms with van der Waals surface area (Å²) in [5.74, 6) is 0.273. The Morgan fingerprint density at radius 2 is 1.67 bits per heavy atom. The number of aromatic nitrogens is 2. The van der Waals surface area contributed by atoms with Crippen molar-refractivity contribution >= 4 is 28.3 Å². The van der Waals surface area contributed by atoms with E-state index in [-0.39, 0.29) is 12.2 Å². The molecule has 168 valence electrons. The smallest absolute Gasteiger partial charge is 0.412 e. The molecule has 0 saturated carbocycles. The quantitative estimate of drug-likeness (QED) is 0.366. The van der Waals surface area contributed by atoms with Crippen LogP contribution in [0.3, 0.4) is 0 Å². The van der Waals surface area contributed by atoms with E-state index in [1.807, 2.05) is 86.0 Å². The van der Waals surface area contributed by atoms with Crippen LogP contribution in [0.1, 0.15) is 43.4 Å². The second kappa shape index (κ2) is 8.90. The topological polar surface area (TPSA) is 75.4 Å². The Bertz CT molecular complexity index is 1310. The summed E-state index contributed by atoms with van der Waals surface area (Å²) >= 11 is 0. The lowest BCUT2D eigenvalue weighted by atomic mass is 10.00. The fourth-order valence-electron chi connectivity index (χ4n) is 4.17. The van der Waals surface area contributed by atoms with E-state index in [9.17, 15) is 14.7 Å². The zero-order valence-corrected chi connectivity index (χ0v) is 19.0. The second-order valence-corrected chi connectivity index (χ2v) is 8.96. The monoisotopic (exact) mass is 441 g/mol. The number of ketones is 1. The van der Waals surface area contributed by atoms with Crippen molar-refractivity contribution in [3.63, 3.8) is 0 Å². The number of para-hydroxylation sites is 1. The number of hydrogen-bond donors (Lipinski definition) is 1. The van der Waals surface area contributed by atoms with E-state index in [4.69, 9.17) is 0 Å². The van der Waals surface area contributed by atoms with Gasteiger partial charge in [0.25, 0.3) is 0 Å². The molecule has 0 aliphatic carbocycles. The minimum absolute atomic E-state index is 0.0969. The molecule has 0 unspecified atom stereocenters. The standard InChI is InChI=1S/C27H27N3O3/c1-27(2,3)30(26(32)33)22-13-7-5-10-20(22)15-16-24(31)25-28-17-18-29(25)23-14-8-11-19-9-4-6-12-21(19)23/h4-14,17-18H,15-16H2,1-3H3,(H,32,33). The van der Waals surface area contributed by atoms with Gasteiger partial charge in [-0.3, -0.25) is 14.3 Å². The highest BCUT2D eigenvalue weighted by molar-refractivity contribution is 5.96. The molecule has 0 fully saturated rings. The zero-order chi connectivity index (χ0) is 23.6. The Morgan fingerprint density at radius 3 is 2.42 bits per heavy atom. The molecule has 6 heteroatoms. The highest BCUT2D eigenvalue weighted by Crippen LogP contribution is 2.29. The van der Waals surface area contributed by atoms with Gasteiger partial charge in [-0.05, 0) is 50.3 Å². The van der Waals surface area contributed by atoms with Gasteiger partial charge in [0.1, 0.15) is 0 Å². The summed E-state index contributed by atoms with van der Waals surface area (Å²) < 4.78 is 1.83. The maximum Gasteiger partial charge on any atom is 0.412 e. The molecule has 0 aliphatic rings. The van der Waals surface area contributed by atoms with Crippen LogP contribution in [0.2, 0.25) is 0 Å². The molecule has 0 bridgehead atoms. The first kappa shape index (κ1) is 22.3. The number of nitrogens with zero attached hydrogens (tertiary/aromatic N) is 3. The number of fused-ring (bicyclic) bond motifs is 1. The maximum atomic E-state index is 13.2. The zero-order valence-electron chi connectivity index (χ0n) is 19.0. The Labute approximate surface area is 193 Å². The fourth-order valence-corrected chi connectivity index (χ4v) is 4.17. The first-order chi connectivity index (χ1) is 15.8. The van der Waals surface area contributed by atoms with E-state index in [0.29, 0.717) is 17.9 Å². The summed E-state index contributed by atoms with van der Waals surface area (Å²) in [6, 6.07) is 21.4. The van der Waals surface area contributed by atoms with Gasteiger partial charge in [-0.15, -0.1) is 0 Å². The van der Waals surface area contributed by atoms with Crippen LogP contribution in [-0.4, -0.2) is 32.1 Å². The van der Waals surface area contributed by atoms with Gasteiger partial charge in [0.2, 0.25) is 0 Å². The molecule has 1 aromatic heterocycles. The number of rotatable bonds is 6. The number of imidazole rings is 1. The summed E-state index contributed by atoms with van der Waals surface area (Å²) in [6.07, 6.45) is 3.05. The second-order valence-electron chi connectivity index (χ2n) is 8.96. The predicted octanol–water partition coefficient (Wildman–Crippen LogP) is 6.12. The van der Waals surface area contributed by atoms with Crippen molar-refractivity contribution in [3.8, 4) is 5.69 Å². The lowest BCUT2D eigenvalue weighted by molar-refractivity contribution is 0.0971. The number of carbonyl (C=O) groups excluding carboxylic acids is 1. The van der Waals surface area contributed by atoms with Crippen LogP contribution in [0, 0.1) is 0 Å². The van der Waals surface area contributed by atoms with Crippen molar-refractivity contribution < 1.29 is 14.7 Å². The van der Waals surface area contributed by atoms with Crippen LogP contribution in [0.4, 0.5) is 10.5 Å². The van der Waals surface area contributed by atoms with Crippen LogP contribution in [0.25, 0.3) is 16.5 Å². The molecular weight excluding hydrogens is 414 g/mol. The highest BCUT2D eigenvalue weighted by Gasteiger charge is 2.29. The molecule has 3 aromatic carbocycles. The molecule has 4 rings (SSSR count). The summed E-state index contributed by atoms with van der Waals surface area (Å²) in [4.78, 5) is 30.9. The average molecular weight is 442 g/mol. The Balaban J connectivity index is 1.62. The van der Waals surface area contributed by atoms with Gasteiger partial charge in [-0.1, -0.05) is 54.6 Å². The molecular formula is C27H27N3O3. The van der Waals surface area contributed by atoms with Crippen LogP contribution in [0.5, 0.6) is 0 Å². The third kappa shape index (κ3) is 4.51. The summed E-state index contributed by atoms with van der Waals surface area (Å²) in [5, 5.41) is 11.9. The predicted molar refractivity (Wildman–Crippen MR) is 130 cm³/mol. The van der Waals surface area contributed by atoms with Gasteiger partial charge in [0.05, 0.1) is 11.4 Å². The molecule has 1 amide bonds. The van der Waals surface area contributed by atoms with Crippen LogP contribution < -0.4 is 4.90 Å². The van der Waals surface area contributed by atoms with Gasteiger partial charge in [-0.25, -0.2) is 9.78 Å². The number of carbonyl (C=O) groups is 2. The van der Waals surface area contributed by atoms with E-state index >= 15 is 0 Å². The van der Waals surface area contributed by atoms with E-state index in [1.54, 1.807) is 18.5 Å². The molecule has 1 heterocycles. The van der Waals surface area contributed by atoms with Crippen molar-refractivity contribution in [2.75, 3.05) is 4.90 Å². The lowest BCUT2D eigenvalue weighted by Crippen LogP contribution is -2.45. The number of Topliss-reactive ketones (excluding diaryl/α,β-unsaturated/α-hetero) is 1. The number of aryl methyl sites for hydroxylation is 1. The minimum atomic E-state index is -1.02. The fraction of sp³-hybridized carbons (Fsp3) is 0.222. The van der Waals surface area contributed by atoms with Crippen molar-refractivity contribution in [2.45, 2.75) is 39.2 Å². The van der Waals surface area contributed by atoms with Crippen molar-refractivity contribution in [3.05, 3.63) is 90.5 Å². The normalized spacial score (nSPS) is 11.5. The highest BCUT2D eigenvalue weighted by atomic mass is 16.4. The van der Waals surface area contributed by atoms with Crippen LogP contribution >= 0.6 is 0 Å². The van der Waals surface area contributed by atoms with Crippen LogP contribution in [0.15, 0.2) is 79.1 Å². The Kier molecular flexibility index (Phi) is 6.01. The first-order valence-electron chi connectivity index (χ1n) is 10.9. The van der Waals surface area contributed by atoms with Gasteiger partial charge in [0, 0.05) is 29.7 Å². The van der Waals surface area contributed by atoms with Gasteiger partial charge < -0.3 is 5.11 Å². The Morgan fingerprint density at radius 1 is 0.970 bits per heavy atom.